The lowest BCUT2D eigenvalue weighted by Gasteiger charge is -2.17. The minimum absolute atomic E-state index is 0.328. The first-order chi connectivity index (χ1) is 8.81. The van der Waals surface area contributed by atoms with Crippen LogP contribution in [-0.4, -0.2) is 48.7 Å². The summed E-state index contributed by atoms with van der Waals surface area (Å²) in [5.41, 5.74) is 0. The number of nitrogens with one attached hydrogen (secondary N) is 2. The molecule has 19 heavy (non-hydrogen) atoms. The monoisotopic (exact) mass is 289 g/mol. The molecule has 1 rings (SSSR count). The van der Waals surface area contributed by atoms with Crippen molar-refractivity contribution in [3.63, 3.8) is 0 Å². The van der Waals surface area contributed by atoms with E-state index in [4.69, 9.17) is 0 Å². The molecule has 1 heterocycles. The Morgan fingerprint density at radius 3 is 2.68 bits per heavy atom. The summed E-state index contributed by atoms with van der Waals surface area (Å²) >= 11 is 0. The van der Waals surface area contributed by atoms with Crippen molar-refractivity contribution >= 4 is 16.0 Å². The molecular formula is C11H23N5O2S. The van der Waals surface area contributed by atoms with Crippen molar-refractivity contribution in [1.82, 2.24) is 19.4 Å². The van der Waals surface area contributed by atoms with E-state index in [2.05, 4.69) is 29.0 Å². The van der Waals surface area contributed by atoms with E-state index < -0.39 is 10.2 Å². The van der Waals surface area contributed by atoms with Gasteiger partial charge in [-0.2, -0.15) is 17.8 Å². The van der Waals surface area contributed by atoms with Crippen molar-refractivity contribution in [2.75, 3.05) is 24.9 Å². The highest BCUT2D eigenvalue weighted by Crippen LogP contribution is 2.07. The molecule has 7 nitrogen and oxygen atoms in total. The fraction of sp³-hybridized carbons (Fsp3) is 0.727. The molecule has 2 N–H and O–H groups in total. The summed E-state index contributed by atoms with van der Waals surface area (Å²) in [7, 11) is -0.230. The molecule has 0 atom stereocenters. The van der Waals surface area contributed by atoms with E-state index in [-0.39, 0.29) is 0 Å². The summed E-state index contributed by atoms with van der Waals surface area (Å²) in [6, 6.07) is 2.03. The predicted octanol–water partition coefficient (Wildman–Crippen LogP) is 0.397. The zero-order valence-corrected chi connectivity index (χ0v) is 12.7. The molecule has 0 bridgehead atoms. The minimum Gasteiger partial charge on any atom is -0.314 e. The summed E-state index contributed by atoms with van der Waals surface area (Å²) in [5, 5.41) is 7.23. The Balaban J connectivity index is 2.43. The molecule has 0 aliphatic heterocycles. The van der Waals surface area contributed by atoms with E-state index in [0.717, 1.165) is 13.0 Å². The molecule has 8 heteroatoms. The number of aryl methyl sites for hydroxylation is 1. The van der Waals surface area contributed by atoms with Crippen LogP contribution in [0.4, 0.5) is 5.82 Å². The maximum absolute atomic E-state index is 12.0. The van der Waals surface area contributed by atoms with Gasteiger partial charge in [-0.05, 0) is 13.0 Å². The fourth-order valence-electron chi connectivity index (χ4n) is 1.49. The third-order valence-electron chi connectivity index (χ3n) is 2.56. The molecule has 0 unspecified atom stereocenters. The lowest BCUT2D eigenvalue weighted by atomic mass is 10.3. The average molecular weight is 289 g/mol. The maximum atomic E-state index is 12.0. The van der Waals surface area contributed by atoms with Crippen LogP contribution in [0.2, 0.25) is 0 Å². The number of hydrogen-bond donors (Lipinski definition) is 2. The van der Waals surface area contributed by atoms with Gasteiger partial charge >= 0.3 is 10.2 Å². The van der Waals surface area contributed by atoms with Crippen LogP contribution in [0.1, 0.15) is 20.3 Å². The molecule has 110 valence electrons. The predicted molar refractivity (Wildman–Crippen MR) is 76.1 cm³/mol. The van der Waals surface area contributed by atoms with E-state index in [0.29, 0.717) is 18.4 Å². The summed E-state index contributed by atoms with van der Waals surface area (Å²) in [5.74, 6) is 0.328. The van der Waals surface area contributed by atoms with Gasteiger partial charge in [0.15, 0.2) is 5.82 Å². The molecule has 0 aliphatic carbocycles. The van der Waals surface area contributed by atoms with Crippen LogP contribution in [-0.2, 0) is 17.3 Å². The second kappa shape index (κ2) is 6.88. The number of nitrogens with zero attached hydrogens (tertiary/aromatic N) is 3. The van der Waals surface area contributed by atoms with Crippen LogP contribution in [0, 0.1) is 0 Å². The van der Waals surface area contributed by atoms with Crippen LogP contribution in [0.25, 0.3) is 0 Å². The number of hydrogen-bond acceptors (Lipinski definition) is 4. The first-order valence-electron chi connectivity index (χ1n) is 6.28. The largest absolute Gasteiger partial charge is 0.314 e. The van der Waals surface area contributed by atoms with Gasteiger partial charge in [-0.3, -0.25) is 9.40 Å². The van der Waals surface area contributed by atoms with Gasteiger partial charge in [0.2, 0.25) is 0 Å². The summed E-state index contributed by atoms with van der Waals surface area (Å²) in [6.45, 7) is 5.37. The SMILES string of the molecule is CC(C)NCCCN(C)S(=O)(=O)Nc1ccn(C)n1. The third kappa shape index (κ3) is 5.58. The molecule has 0 spiro atoms. The highest BCUT2D eigenvalue weighted by atomic mass is 32.2. The van der Waals surface area contributed by atoms with Gasteiger partial charge in [-0.25, -0.2) is 0 Å². The second-order valence-corrected chi connectivity index (χ2v) is 6.54. The van der Waals surface area contributed by atoms with E-state index in [1.807, 2.05) is 0 Å². The molecule has 1 aromatic rings. The maximum Gasteiger partial charge on any atom is 0.302 e. The Hall–Kier alpha value is -1.12. The topological polar surface area (TPSA) is 79.3 Å². The molecular weight excluding hydrogens is 266 g/mol. The van der Waals surface area contributed by atoms with Gasteiger partial charge in [0, 0.05) is 38.9 Å². The van der Waals surface area contributed by atoms with E-state index in [1.54, 1.807) is 31.0 Å². The third-order valence-corrected chi connectivity index (χ3v) is 4.03. The first kappa shape index (κ1) is 15.9. The summed E-state index contributed by atoms with van der Waals surface area (Å²) < 4.78 is 29.2. The van der Waals surface area contributed by atoms with E-state index in [9.17, 15) is 8.42 Å². The van der Waals surface area contributed by atoms with Crippen molar-refractivity contribution in [2.24, 2.45) is 7.05 Å². The van der Waals surface area contributed by atoms with Gasteiger partial charge in [0.1, 0.15) is 0 Å². The van der Waals surface area contributed by atoms with Crippen LogP contribution in [0.5, 0.6) is 0 Å². The lowest BCUT2D eigenvalue weighted by Crippen LogP contribution is -2.35. The van der Waals surface area contributed by atoms with Crippen molar-refractivity contribution < 1.29 is 8.42 Å². The molecule has 0 aromatic carbocycles. The van der Waals surface area contributed by atoms with Crippen molar-refractivity contribution in [1.29, 1.82) is 0 Å². The Kier molecular flexibility index (Phi) is 5.77. The van der Waals surface area contributed by atoms with Gasteiger partial charge in [0.05, 0.1) is 0 Å². The van der Waals surface area contributed by atoms with Crippen LogP contribution < -0.4 is 10.0 Å². The molecule has 0 radical (unpaired) electrons. The summed E-state index contributed by atoms with van der Waals surface area (Å²) in [6.07, 6.45) is 2.45. The molecule has 0 amide bonds. The Bertz CT molecular complexity index is 483. The normalized spacial score (nSPS) is 12.3. The van der Waals surface area contributed by atoms with E-state index >= 15 is 0 Å². The molecule has 1 aromatic heterocycles. The number of aromatic nitrogens is 2. The van der Waals surface area contributed by atoms with Gasteiger partial charge < -0.3 is 5.32 Å². The van der Waals surface area contributed by atoms with E-state index in [1.165, 1.54) is 4.31 Å². The minimum atomic E-state index is -3.52. The Morgan fingerprint density at radius 2 is 2.16 bits per heavy atom. The van der Waals surface area contributed by atoms with Crippen LogP contribution >= 0.6 is 0 Å². The average Bonchev–Trinajstić information content (AvgIpc) is 2.68. The van der Waals surface area contributed by atoms with Gasteiger partial charge in [-0.1, -0.05) is 13.8 Å². The number of rotatable bonds is 8. The van der Waals surface area contributed by atoms with Crippen molar-refractivity contribution in [3.8, 4) is 0 Å². The van der Waals surface area contributed by atoms with Crippen molar-refractivity contribution in [2.45, 2.75) is 26.3 Å². The highest BCUT2D eigenvalue weighted by Gasteiger charge is 2.17. The fourth-order valence-corrected chi connectivity index (χ4v) is 2.39. The molecule has 0 saturated heterocycles. The Morgan fingerprint density at radius 1 is 1.47 bits per heavy atom. The molecule has 0 aliphatic rings. The lowest BCUT2D eigenvalue weighted by molar-refractivity contribution is 0.451. The van der Waals surface area contributed by atoms with Crippen LogP contribution in [0.3, 0.4) is 0 Å². The zero-order valence-electron chi connectivity index (χ0n) is 11.9. The Labute approximate surface area is 115 Å². The van der Waals surface area contributed by atoms with Gasteiger partial charge in [0.25, 0.3) is 0 Å². The zero-order chi connectivity index (χ0) is 14.5. The smallest absolute Gasteiger partial charge is 0.302 e. The standard InChI is InChI=1S/C11H23N5O2S/c1-10(2)12-7-5-8-16(4)19(17,18)14-11-6-9-15(3)13-11/h6,9-10,12H,5,7-8H2,1-4H3,(H,13,14). The molecule has 0 fully saturated rings. The van der Waals surface area contributed by atoms with Gasteiger partial charge in [-0.15, -0.1) is 0 Å². The number of anilines is 1. The second-order valence-electron chi connectivity index (χ2n) is 4.77. The highest BCUT2D eigenvalue weighted by molar-refractivity contribution is 7.90. The van der Waals surface area contributed by atoms with Crippen molar-refractivity contribution in [3.05, 3.63) is 12.3 Å². The first-order valence-corrected chi connectivity index (χ1v) is 7.72. The van der Waals surface area contributed by atoms with Crippen LogP contribution in [0.15, 0.2) is 12.3 Å². The summed E-state index contributed by atoms with van der Waals surface area (Å²) in [4.78, 5) is 0. The quantitative estimate of drug-likeness (QED) is 0.679. The molecule has 0 saturated carbocycles.